The Kier molecular flexibility index (Phi) is 5.91. The van der Waals surface area contributed by atoms with Gasteiger partial charge in [-0.1, -0.05) is 13.0 Å². The zero-order valence-corrected chi connectivity index (χ0v) is 20.5. The van der Waals surface area contributed by atoms with Gasteiger partial charge >= 0.3 is 17.9 Å². The summed E-state index contributed by atoms with van der Waals surface area (Å²) in [4.78, 5) is 36.3. The summed E-state index contributed by atoms with van der Waals surface area (Å²) in [5, 5.41) is 21.6. The molecule has 0 aromatic heterocycles. The number of aliphatic hydroxyl groups excluding tert-OH is 1. The second kappa shape index (κ2) is 8.01. The summed E-state index contributed by atoms with van der Waals surface area (Å²) in [6, 6.07) is 0. The van der Waals surface area contributed by atoms with E-state index in [2.05, 4.69) is 0 Å². The van der Waals surface area contributed by atoms with Gasteiger partial charge in [-0.2, -0.15) is 0 Å². The molecular formula is C24H34O10. The average Bonchev–Trinajstić information content (AvgIpc) is 3.47. The van der Waals surface area contributed by atoms with Crippen LogP contribution in [-0.2, 0) is 38.1 Å². The maximum Gasteiger partial charge on any atom is 0.309 e. The van der Waals surface area contributed by atoms with Gasteiger partial charge in [0.25, 0.3) is 0 Å². The highest BCUT2D eigenvalue weighted by molar-refractivity contribution is 5.71. The van der Waals surface area contributed by atoms with E-state index in [1.807, 2.05) is 19.9 Å². The second-order valence-electron chi connectivity index (χ2n) is 10.9. The second-order valence-corrected chi connectivity index (χ2v) is 10.9. The van der Waals surface area contributed by atoms with Crippen LogP contribution < -0.4 is 0 Å². The molecule has 0 unspecified atom stereocenters. The van der Waals surface area contributed by atoms with Gasteiger partial charge in [-0.05, 0) is 26.3 Å². The van der Waals surface area contributed by atoms with Crippen molar-refractivity contribution in [3.8, 4) is 0 Å². The van der Waals surface area contributed by atoms with Crippen molar-refractivity contribution in [3.05, 3.63) is 11.6 Å². The van der Waals surface area contributed by atoms with Crippen molar-refractivity contribution in [2.24, 2.45) is 10.8 Å². The smallest absolute Gasteiger partial charge is 0.309 e. The van der Waals surface area contributed by atoms with E-state index in [0.717, 1.165) is 5.57 Å². The maximum atomic E-state index is 12.6. The molecule has 0 aromatic rings. The number of hydrogen-bond donors (Lipinski definition) is 2. The van der Waals surface area contributed by atoms with Gasteiger partial charge in [-0.15, -0.1) is 0 Å². The van der Waals surface area contributed by atoms with Gasteiger partial charge in [-0.25, -0.2) is 0 Å². The van der Waals surface area contributed by atoms with Gasteiger partial charge in [-0.3, -0.25) is 14.4 Å². The van der Waals surface area contributed by atoms with Gasteiger partial charge < -0.3 is 33.9 Å². The van der Waals surface area contributed by atoms with Gasteiger partial charge in [0.2, 0.25) is 0 Å². The molecule has 0 radical (unpaired) electrons. The Bertz CT molecular complexity index is 915. The highest BCUT2D eigenvalue weighted by Crippen LogP contribution is 2.72. The van der Waals surface area contributed by atoms with Crippen molar-refractivity contribution in [3.63, 3.8) is 0 Å². The lowest BCUT2D eigenvalue weighted by atomic mass is 9.51. The summed E-state index contributed by atoms with van der Waals surface area (Å²) in [6.45, 7) is 9.41. The van der Waals surface area contributed by atoms with Crippen LogP contribution in [0.2, 0.25) is 0 Å². The van der Waals surface area contributed by atoms with E-state index in [0.29, 0.717) is 0 Å². The fourth-order valence-electron chi connectivity index (χ4n) is 6.23. The normalized spacial score (nSPS) is 42.5. The van der Waals surface area contributed by atoms with Gasteiger partial charge in [0.1, 0.15) is 30.5 Å². The molecule has 3 fully saturated rings. The molecule has 2 aliphatic carbocycles. The minimum absolute atomic E-state index is 0.117. The van der Waals surface area contributed by atoms with Crippen LogP contribution in [0.3, 0.4) is 0 Å². The zero-order valence-electron chi connectivity index (χ0n) is 20.5. The molecule has 2 heterocycles. The molecule has 10 heteroatoms. The van der Waals surface area contributed by atoms with Crippen LogP contribution >= 0.6 is 0 Å². The number of esters is 3. The number of fused-ring (bicyclic) bond motifs is 2. The molecule has 0 amide bonds. The van der Waals surface area contributed by atoms with E-state index in [1.54, 1.807) is 0 Å². The van der Waals surface area contributed by atoms with E-state index in [1.165, 1.54) is 27.7 Å². The average molecular weight is 483 g/mol. The molecule has 8 atom stereocenters. The van der Waals surface area contributed by atoms with Gasteiger partial charge in [0, 0.05) is 31.1 Å². The molecule has 2 bridgehead atoms. The molecule has 4 rings (SSSR count). The summed E-state index contributed by atoms with van der Waals surface area (Å²) in [5.41, 5.74) is -3.54. The number of ether oxygens (including phenoxy) is 5. The molecule has 1 saturated carbocycles. The quantitative estimate of drug-likeness (QED) is 0.242. The molecule has 2 aliphatic heterocycles. The maximum absolute atomic E-state index is 12.6. The minimum atomic E-state index is -1.24. The number of carbonyl (C=O) groups is 3. The van der Waals surface area contributed by atoms with Crippen molar-refractivity contribution < 1.29 is 48.3 Å². The third-order valence-electron chi connectivity index (χ3n) is 8.02. The molecule has 4 aliphatic rings. The van der Waals surface area contributed by atoms with Crippen LogP contribution in [0.1, 0.15) is 54.4 Å². The molecule has 190 valence electrons. The molecule has 10 nitrogen and oxygen atoms in total. The first-order valence-electron chi connectivity index (χ1n) is 11.6. The van der Waals surface area contributed by atoms with Gasteiger partial charge in [0.15, 0.2) is 6.10 Å². The van der Waals surface area contributed by atoms with Crippen molar-refractivity contribution in [2.75, 3.05) is 13.2 Å². The lowest BCUT2D eigenvalue weighted by Gasteiger charge is -2.58. The highest BCUT2D eigenvalue weighted by Gasteiger charge is 2.86. The zero-order chi connectivity index (χ0) is 25.3. The van der Waals surface area contributed by atoms with Crippen LogP contribution in [0.4, 0.5) is 0 Å². The van der Waals surface area contributed by atoms with E-state index in [9.17, 15) is 24.6 Å². The van der Waals surface area contributed by atoms with Crippen LogP contribution in [0.5, 0.6) is 0 Å². The summed E-state index contributed by atoms with van der Waals surface area (Å²) in [6.07, 6.45) is -2.35. The molecule has 34 heavy (non-hydrogen) atoms. The van der Waals surface area contributed by atoms with E-state index in [4.69, 9.17) is 23.7 Å². The summed E-state index contributed by atoms with van der Waals surface area (Å²) < 4.78 is 29.1. The summed E-state index contributed by atoms with van der Waals surface area (Å²) in [5.74, 6) is -1.63. The van der Waals surface area contributed by atoms with Gasteiger partial charge in [0.05, 0.1) is 24.7 Å². The molecule has 2 N–H and O–H groups in total. The van der Waals surface area contributed by atoms with Crippen molar-refractivity contribution in [1.29, 1.82) is 0 Å². The Morgan fingerprint density at radius 2 is 1.85 bits per heavy atom. The fraction of sp³-hybridized carbons (Fsp3) is 0.792. The summed E-state index contributed by atoms with van der Waals surface area (Å²) >= 11 is 0. The number of aliphatic hydroxyl groups is 2. The van der Waals surface area contributed by atoms with Crippen LogP contribution in [0.25, 0.3) is 0 Å². The number of epoxide rings is 1. The number of carbonyl (C=O) groups excluding carboxylic acids is 3. The Morgan fingerprint density at radius 1 is 1.21 bits per heavy atom. The van der Waals surface area contributed by atoms with E-state index in [-0.39, 0.29) is 26.1 Å². The van der Waals surface area contributed by atoms with Crippen molar-refractivity contribution in [1.82, 2.24) is 0 Å². The van der Waals surface area contributed by atoms with Crippen LogP contribution in [-0.4, -0.2) is 83.1 Å². The standard InChI is InChI=1S/C24H34O10/c1-12-7-16-23(10-30-13(2)25,8-15(12)33-17(27)9-21(4,5)29)22(6)19(28)18(32-14(3)26)20(34-16)24(22)11-31-24/h7,15-16,18-20,28-29H,8-11H2,1-6H3/t15-,16+,18+,19+,20+,22+,23+,24-/m0/s1. The molecule has 0 aromatic carbocycles. The Balaban J connectivity index is 1.76. The fourth-order valence-corrected chi connectivity index (χ4v) is 6.23. The van der Waals surface area contributed by atoms with Crippen LogP contribution in [0, 0.1) is 10.8 Å². The lowest BCUT2D eigenvalue weighted by molar-refractivity contribution is -0.239. The summed E-state index contributed by atoms with van der Waals surface area (Å²) in [7, 11) is 0. The third-order valence-corrected chi connectivity index (χ3v) is 8.02. The Hall–Kier alpha value is -2.01. The van der Waals surface area contributed by atoms with Crippen molar-refractivity contribution in [2.45, 2.75) is 96.1 Å². The van der Waals surface area contributed by atoms with Crippen molar-refractivity contribution >= 4 is 17.9 Å². The topological polar surface area (TPSA) is 141 Å². The first-order valence-corrected chi connectivity index (χ1v) is 11.6. The molecule has 2 saturated heterocycles. The lowest BCUT2D eigenvalue weighted by Crippen LogP contribution is -2.67. The third kappa shape index (κ3) is 3.66. The SMILES string of the molecule is CC(=O)OC[C@]12C[C@H](OC(=O)CC(C)(C)O)C(C)=C[C@H]1O[C@@H]1[C@H](OC(C)=O)[C@@H](O)[C@@]2(C)[C@]12CO2. The van der Waals surface area contributed by atoms with Crippen LogP contribution in [0.15, 0.2) is 11.6 Å². The monoisotopic (exact) mass is 482 g/mol. The number of rotatable bonds is 6. The first-order chi connectivity index (χ1) is 15.7. The first kappa shape index (κ1) is 25.1. The largest absolute Gasteiger partial charge is 0.465 e. The highest BCUT2D eigenvalue weighted by atomic mass is 16.7. The van der Waals surface area contributed by atoms with E-state index < -0.39 is 70.5 Å². The number of hydrogen-bond acceptors (Lipinski definition) is 10. The molecule has 1 spiro atoms. The predicted octanol–water partition coefficient (Wildman–Crippen LogP) is 0.808. The Morgan fingerprint density at radius 3 is 2.38 bits per heavy atom. The Labute approximate surface area is 198 Å². The predicted molar refractivity (Wildman–Crippen MR) is 115 cm³/mol. The molecular weight excluding hydrogens is 448 g/mol. The minimum Gasteiger partial charge on any atom is -0.465 e. The van der Waals surface area contributed by atoms with E-state index >= 15 is 0 Å².